The number of aromatic nitrogens is 2. The van der Waals surface area contributed by atoms with Crippen LogP contribution < -0.4 is 21.5 Å². The van der Waals surface area contributed by atoms with E-state index in [1.54, 1.807) is 12.1 Å². The van der Waals surface area contributed by atoms with Crippen LogP contribution in [0.4, 0.5) is 13.2 Å². The molecule has 94 valence electrons. The summed E-state index contributed by atoms with van der Waals surface area (Å²) < 4.78 is 40.5. The molecule has 0 aliphatic heterocycles. The molecule has 2 rings (SSSR count). The van der Waals surface area contributed by atoms with Crippen molar-refractivity contribution in [3.8, 4) is 0 Å². The fraction of sp³-hybridized carbons (Fsp3) is 0.300. The molecule has 0 radical (unpaired) electrons. The number of rotatable bonds is 0. The smallest absolute Gasteiger partial charge is 0.495 e. The number of halogens is 5. The van der Waals surface area contributed by atoms with Gasteiger partial charge in [0.15, 0.2) is 11.0 Å². The number of aryl methyl sites for hydroxylation is 2. The quantitative estimate of drug-likeness (QED) is 0.586. The van der Waals surface area contributed by atoms with Crippen LogP contribution in [0.3, 0.4) is 0 Å². The second-order valence-corrected chi connectivity index (χ2v) is 4.01. The molecule has 0 bridgehead atoms. The van der Waals surface area contributed by atoms with Gasteiger partial charge in [0.2, 0.25) is 0 Å². The fourth-order valence-corrected chi connectivity index (χ4v) is 2.05. The van der Waals surface area contributed by atoms with Crippen molar-refractivity contribution < 1.29 is 34.7 Å². The zero-order valence-corrected chi connectivity index (χ0v) is 11.4. The lowest BCUT2D eigenvalue weighted by Crippen LogP contribution is -3.00. The van der Waals surface area contributed by atoms with Crippen molar-refractivity contribution in [3.05, 3.63) is 29.0 Å². The van der Waals surface area contributed by atoms with Crippen LogP contribution in [0, 0.1) is 0 Å². The fourth-order valence-electron chi connectivity index (χ4n) is 1.88. The van der Waals surface area contributed by atoms with E-state index in [2.05, 4.69) is 0 Å². The van der Waals surface area contributed by atoms with Gasteiger partial charge in [-0.15, -0.1) is 0 Å². The number of hydrogen-bond acceptors (Lipinski definition) is 0. The number of imidazole rings is 1. The van der Waals surface area contributed by atoms with Gasteiger partial charge in [-0.3, -0.25) is 0 Å². The van der Waals surface area contributed by atoms with Crippen molar-refractivity contribution in [2.45, 2.75) is 6.18 Å². The van der Waals surface area contributed by atoms with Gasteiger partial charge in [-0.2, -0.15) is 13.2 Å². The highest BCUT2D eigenvalue weighted by atomic mass is 79.9. The summed E-state index contributed by atoms with van der Waals surface area (Å²) in [5.74, 6) is -0.704. The third-order valence-electron chi connectivity index (χ3n) is 2.55. The largest absolute Gasteiger partial charge is 1.00 e. The molecular formula is C10H9BrClF3N2. The summed E-state index contributed by atoms with van der Waals surface area (Å²) in [6, 6.07) is 4.67. The Hall–Kier alpha value is -0.750. The molecule has 0 aliphatic rings. The first-order valence-electron chi connectivity index (χ1n) is 4.53. The molecule has 2 aromatic rings. The van der Waals surface area contributed by atoms with Crippen LogP contribution in [-0.4, -0.2) is 4.57 Å². The van der Waals surface area contributed by atoms with E-state index in [9.17, 15) is 13.2 Å². The zero-order valence-electron chi connectivity index (χ0n) is 9.02. The van der Waals surface area contributed by atoms with Crippen LogP contribution in [0.2, 0.25) is 5.02 Å². The average Bonchev–Trinajstić information content (AvgIpc) is 2.38. The van der Waals surface area contributed by atoms with Gasteiger partial charge < -0.3 is 17.0 Å². The third kappa shape index (κ3) is 2.28. The molecule has 1 heterocycles. The maximum Gasteiger partial charge on any atom is 0.495 e. The number of alkyl halides is 3. The van der Waals surface area contributed by atoms with Gasteiger partial charge in [0, 0.05) is 11.1 Å². The lowest BCUT2D eigenvalue weighted by atomic mass is 10.3. The van der Waals surface area contributed by atoms with E-state index in [1.807, 2.05) is 0 Å². The molecule has 0 spiro atoms. The maximum atomic E-state index is 12.8. The minimum atomic E-state index is -4.38. The van der Waals surface area contributed by atoms with Gasteiger partial charge >= 0.3 is 12.0 Å². The number of fused-ring (bicyclic) bond motifs is 1. The standard InChI is InChI=1S/C10H9ClF3N2.BrH/c1-15-7-4-3-6(11)5-8(7)16(2)9(15)10(12,13)14;/h3-5H,1-2H3;1H/q+1;/p-1. The summed E-state index contributed by atoms with van der Waals surface area (Å²) in [6.07, 6.45) is -4.38. The minimum Gasteiger partial charge on any atom is -1.00 e. The van der Waals surface area contributed by atoms with Gasteiger partial charge in [-0.25, -0.2) is 9.13 Å². The van der Waals surface area contributed by atoms with E-state index in [-0.39, 0.29) is 17.0 Å². The first-order valence-corrected chi connectivity index (χ1v) is 4.91. The Morgan fingerprint density at radius 1 is 1.29 bits per heavy atom. The van der Waals surface area contributed by atoms with Crippen molar-refractivity contribution in [1.29, 1.82) is 0 Å². The van der Waals surface area contributed by atoms with Crippen molar-refractivity contribution in [2.24, 2.45) is 14.1 Å². The van der Waals surface area contributed by atoms with Crippen LogP contribution in [0.15, 0.2) is 18.2 Å². The number of nitrogens with zero attached hydrogens (tertiary/aromatic N) is 2. The van der Waals surface area contributed by atoms with E-state index < -0.39 is 12.0 Å². The van der Waals surface area contributed by atoms with Gasteiger partial charge in [0.25, 0.3) is 0 Å². The summed E-state index contributed by atoms with van der Waals surface area (Å²) in [4.78, 5) is 0. The van der Waals surface area contributed by atoms with E-state index in [1.165, 1.54) is 20.2 Å². The molecule has 0 fully saturated rings. The molecule has 17 heavy (non-hydrogen) atoms. The molecular weight excluding hydrogens is 320 g/mol. The predicted molar refractivity (Wildman–Crippen MR) is 54.1 cm³/mol. The minimum absolute atomic E-state index is 0. The van der Waals surface area contributed by atoms with Crippen molar-refractivity contribution in [2.75, 3.05) is 0 Å². The molecule has 0 saturated carbocycles. The maximum absolute atomic E-state index is 12.8. The molecule has 0 unspecified atom stereocenters. The Morgan fingerprint density at radius 2 is 1.88 bits per heavy atom. The predicted octanol–water partition coefficient (Wildman–Crippen LogP) is -0.321. The van der Waals surface area contributed by atoms with E-state index in [0.717, 1.165) is 9.13 Å². The summed E-state index contributed by atoms with van der Waals surface area (Å²) in [5, 5.41) is 0.419. The van der Waals surface area contributed by atoms with Gasteiger partial charge in [0.05, 0.1) is 14.1 Å². The summed E-state index contributed by atoms with van der Waals surface area (Å²) in [7, 11) is 2.76. The van der Waals surface area contributed by atoms with Gasteiger partial charge in [-0.05, 0) is 12.1 Å². The topological polar surface area (TPSA) is 8.81 Å². The van der Waals surface area contributed by atoms with E-state index in [4.69, 9.17) is 11.6 Å². The van der Waals surface area contributed by atoms with E-state index >= 15 is 0 Å². The zero-order chi connectivity index (χ0) is 12.1. The van der Waals surface area contributed by atoms with Gasteiger partial charge in [-0.1, -0.05) is 11.6 Å². The van der Waals surface area contributed by atoms with Gasteiger partial charge in [0.1, 0.15) is 0 Å². The molecule has 1 aromatic carbocycles. The highest BCUT2D eigenvalue weighted by molar-refractivity contribution is 6.31. The molecule has 0 atom stereocenters. The first-order chi connectivity index (χ1) is 7.32. The second-order valence-electron chi connectivity index (χ2n) is 3.57. The highest BCUT2D eigenvalue weighted by Crippen LogP contribution is 2.29. The highest BCUT2D eigenvalue weighted by Gasteiger charge is 2.45. The Kier molecular flexibility index (Phi) is 3.78. The molecule has 7 heteroatoms. The molecule has 1 aromatic heterocycles. The van der Waals surface area contributed by atoms with Crippen molar-refractivity contribution in [3.63, 3.8) is 0 Å². The Balaban J connectivity index is 0.00000144. The van der Waals surface area contributed by atoms with Crippen LogP contribution in [0.25, 0.3) is 11.0 Å². The van der Waals surface area contributed by atoms with Crippen LogP contribution in [0.5, 0.6) is 0 Å². The van der Waals surface area contributed by atoms with Crippen molar-refractivity contribution in [1.82, 2.24) is 4.57 Å². The number of hydrogen-bond donors (Lipinski definition) is 0. The second kappa shape index (κ2) is 4.49. The SMILES string of the molecule is Cn1c(C(F)(F)F)[n+](C)c2ccc(Cl)cc21.[Br-]. The van der Waals surface area contributed by atoms with Crippen molar-refractivity contribution >= 4 is 22.6 Å². The molecule has 0 N–H and O–H groups in total. The average molecular weight is 330 g/mol. The Morgan fingerprint density at radius 3 is 2.41 bits per heavy atom. The first kappa shape index (κ1) is 14.3. The van der Waals surface area contributed by atoms with Crippen LogP contribution >= 0.6 is 11.6 Å². The summed E-state index contributed by atoms with van der Waals surface area (Å²) in [6.45, 7) is 0. The normalized spacial score (nSPS) is 11.6. The third-order valence-corrected chi connectivity index (χ3v) is 2.78. The monoisotopic (exact) mass is 328 g/mol. The summed E-state index contributed by atoms with van der Waals surface area (Å²) >= 11 is 5.76. The summed E-state index contributed by atoms with van der Waals surface area (Å²) in [5.41, 5.74) is 0.960. The Bertz CT molecular complexity index is 563. The molecule has 0 saturated heterocycles. The van der Waals surface area contributed by atoms with Crippen LogP contribution in [-0.2, 0) is 20.3 Å². The van der Waals surface area contributed by atoms with E-state index in [0.29, 0.717) is 16.1 Å². The lowest BCUT2D eigenvalue weighted by molar-refractivity contribution is -0.667. The number of benzene rings is 1. The lowest BCUT2D eigenvalue weighted by Gasteiger charge is -2.01. The molecule has 2 nitrogen and oxygen atoms in total. The molecule has 0 amide bonds. The van der Waals surface area contributed by atoms with Crippen LogP contribution in [0.1, 0.15) is 5.82 Å². The molecule has 0 aliphatic carbocycles. The Labute approximate surface area is 111 Å².